The lowest BCUT2D eigenvalue weighted by Crippen LogP contribution is -2.23. The maximum atomic E-state index is 12.4. The molecule has 0 radical (unpaired) electrons. The highest BCUT2D eigenvalue weighted by Gasteiger charge is 2.20. The molecule has 30 heavy (non-hydrogen) atoms. The van der Waals surface area contributed by atoms with Gasteiger partial charge in [-0.25, -0.2) is 4.98 Å². The van der Waals surface area contributed by atoms with E-state index in [1.165, 1.54) is 11.3 Å². The maximum Gasteiger partial charge on any atom is 0.230 e. The summed E-state index contributed by atoms with van der Waals surface area (Å²) in [5.74, 6) is 1.42. The van der Waals surface area contributed by atoms with E-state index in [4.69, 9.17) is 9.40 Å². The van der Waals surface area contributed by atoms with Gasteiger partial charge in [-0.05, 0) is 43.2 Å². The van der Waals surface area contributed by atoms with Crippen LogP contribution in [-0.4, -0.2) is 25.7 Å². The van der Waals surface area contributed by atoms with Crippen LogP contribution in [0.15, 0.2) is 57.9 Å². The minimum absolute atomic E-state index is 0.0598. The molecule has 0 aliphatic rings. The molecule has 0 atom stereocenters. The highest BCUT2D eigenvalue weighted by Crippen LogP contribution is 2.33. The minimum Gasteiger partial charge on any atom is -0.467 e. The van der Waals surface area contributed by atoms with Crippen molar-refractivity contribution in [3.05, 3.63) is 70.9 Å². The van der Waals surface area contributed by atoms with Crippen molar-refractivity contribution in [2.24, 2.45) is 0 Å². The van der Waals surface area contributed by atoms with E-state index < -0.39 is 0 Å². The number of hydrogen-bond donors (Lipinski definition) is 0. The SMILES string of the molecule is CC(=O)N(c1nc(CSc2nncn2Cc2ccco2)cs1)c1cccc(C)c1C. The number of carbonyl (C=O) groups is 1. The molecular weight excluding hydrogens is 418 g/mol. The Bertz CT molecular complexity index is 1150. The second-order valence-electron chi connectivity index (χ2n) is 6.80. The third-order valence-corrected chi connectivity index (χ3v) is 6.59. The highest BCUT2D eigenvalue weighted by atomic mass is 32.2. The Morgan fingerprint density at radius 2 is 2.13 bits per heavy atom. The van der Waals surface area contributed by atoms with E-state index in [9.17, 15) is 4.79 Å². The van der Waals surface area contributed by atoms with Crippen LogP contribution in [0.5, 0.6) is 0 Å². The molecule has 0 saturated heterocycles. The van der Waals surface area contributed by atoms with Crippen molar-refractivity contribution in [2.45, 2.75) is 38.2 Å². The number of nitrogens with zero attached hydrogens (tertiary/aromatic N) is 5. The lowest BCUT2D eigenvalue weighted by molar-refractivity contribution is -0.115. The Balaban J connectivity index is 1.50. The van der Waals surface area contributed by atoms with Crippen LogP contribution in [0.4, 0.5) is 10.8 Å². The summed E-state index contributed by atoms with van der Waals surface area (Å²) in [6, 6.07) is 9.74. The van der Waals surface area contributed by atoms with E-state index in [1.807, 2.05) is 54.1 Å². The fourth-order valence-electron chi connectivity index (χ4n) is 3.02. The first-order valence-electron chi connectivity index (χ1n) is 9.37. The van der Waals surface area contributed by atoms with Gasteiger partial charge in [0.2, 0.25) is 5.91 Å². The lowest BCUT2D eigenvalue weighted by Gasteiger charge is -2.21. The van der Waals surface area contributed by atoms with Crippen LogP contribution < -0.4 is 4.90 Å². The topological polar surface area (TPSA) is 77.1 Å². The monoisotopic (exact) mass is 439 g/mol. The molecule has 0 fully saturated rings. The quantitative estimate of drug-likeness (QED) is 0.378. The smallest absolute Gasteiger partial charge is 0.230 e. The zero-order valence-corrected chi connectivity index (χ0v) is 18.5. The standard InChI is InChI=1S/C21H21N5O2S2/c1-14-6-4-8-19(15(14)2)26(16(3)27)20-23-17(11-29-20)12-30-21-24-22-13-25(21)10-18-7-5-9-28-18/h4-9,11,13H,10,12H2,1-3H3. The molecule has 154 valence electrons. The number of furan rings is 1. The van der Waals surface area contributed by atoms with E-state index >= 15 is 0 Å². The minimum atomic E-state index is -0.0598. The molecule has 1 aromatic carbocycles. The zero-order valence-electron chi connectivity index (χ0n) is 16.9. The highest BCUT2D eigenvalue weighted by molar-refractivity contribution is 7.98. The van der Waals surface area contributed by atoms with Gasteiger partial charge in [-0.3, -0.25) is 9.69 Å². The van der Waals surface area contributed by atoms with Gasteiger partial charge in [0, 0.05) is 18.1 Å². The van der Waals surface area contributed by atoms with Gasteiger partial charge in [-0.2, -0.15) is 0 Å². The number of thiazole rings is 1. The van der Waals surface area contributed by atoms with Crippen LogP contribution in [0, 0.1) is 13.8 Å². The van der Waals surface area contributed by atoms with Gasteiger partial charge in [-0.1, -0.05) is 23.9 Å². The van der Waals surface area contributed by atoms with Crippen molar-refractivity contribution >= 4 is 39.8 Å². The van der Waals surface area contributed by atoms with Crippen molar-refractivity contribution in [3.63, 3.8) is 0 Å². The Labute approximate surface area is 182 Å². The number of rotatable bonds is 7. The number of anilines is 2. The van der Waals surface area contributed by atoms with E-state index in [2.05, 4.69) is 10.2 Å². The fraction of sp³-hybridized carbons (Fsp3) is 0.238. The molecular formula is C21H21N5O2S2. The summed E-state index contributed by atoms with van der Waals surface area (Å²) in [5.41, 5.74) is 3.98. The average Bonchev–Trinajstić information content (AvgIpc) is 3.47. The molecule has 0 saturated carbocycles. The number of thioether (sulfide) groups is 1. The summed E-state index contributed by atoms with van der Waals surface area (Å²) in [7, 11) is 0. The fourth-order valence-corrected chi connectivity index (χ4v) is 4.82. The average molecular weight is 440 g/mol. The first kappa shape index (κ1) is 20.4. The number of carbonyl (C=O) groups excluding carboxylic acids is 1. The van der Waals surface area contributed by atoms with Crippen molar-refractivity contribution in [2.75, 3.05) is 4.90 Å². The summed E-state index contributed by atoms with van der Waals surface area (Å²) in [4.78, 5) is 18.8. The van der Waals surface area contributed by atoms with Gasteiger partial charge < -0.3 is 8.98 Å². The Morgan fingerprint density at radius 1 is 1.27 bits per heavy atom. The normalized spacial score (nSPS) is 11.0. The second-order valence-corrected chi connectivity index (χ2v) is 8.58. The van der Waals surface area contributed by atoms with E-state index in [1.54, 1.807) is 36.2 Å². The van der Waals surface area contributed by atoms with Crippen molar-refractivity contribution in [1.82, 2.24) is 19.7 Å². The molecule has 4 rings (SSSR count). The summed E-state index contributed by atoms with van der Waals surface area (Å²) in [6.45, 7) is 6.21. The largest absolute Gasteiger partial charge is 0.467 e. The molecule has 3 aromatic heterocycles. The van der Waals surface area contributed by atoms with Crippen LogP contribution in [0.1, 0.15) is 29.5 Å². The molecule has 7 nitrogen and oxygen atoms in total. The molecule has 0 N–H and O–H groups in total. The van der Waals surface area contributed by atoms with Crippen LogP contribution >= 0.6 is 23.1 Å². The Hall–Kier alpha value is -2.91. The second kappa shape index (κ2) is 8.85. The van der Waals surface area contributed by atoms with Gasteiger partial charge in [0.15, 0.2) is 10.3 Å². The van der Waals surface area contributed by atoms with Crippen LogP contribution in [-0.2, 0) is 17.1 Å². The third-order valence-electron chi connectivity index (χ3n) is 4.70. The molecule has 3 heterocycles. The number of hydrogen-bond acceptors (Lipinski definition) is 7. The Morgan fingerprint density at radius 3 is 2.90 bits per heavy atom. The molecule has 0 aliphatic carbocycles. The number of benzene rings is 1. The predicted octanol–water partition coefficient (Wildman–Crippen LogP) is 4.97. The van der Waals surface area contributed by atoms with Crippen molar-refractivity contribution < 1.29 is 9.21 Å². The maximum absolute atomic E-state index is 12.4. The molecule has 0 spiro atoms. The van der Waals surface area contributed by atoms with Crippen LogP contribution in [0.2, 0.25) is 0 Å². The summed E-state index contributed by atoms with van der Waals surface area (Å²) >= 11 is 3.02. The molecule has 1 amide bonds. The van der Waals surface area contributed by atoms with Crippen LogP contribution in [0.3, 0.4) is 0 Å². The van der Waals surface area contributed by atoms with E-state index in [0.29, 0.717) is 17.4 Å². The van der Waals surface area contributed by atoms with E-state index in [0.717, 1.165) is 33.4 Å². The molecule has 9 heteroatoms. The first-order chi connectivity index (χ1) is 14.5. The van der Waals surface area contributed by atoms with Gasteiger partial charge in [0.05, 0.1) is 24.2 Å². The zero-order chi connectivity index (χ0) is 21.1. The molecule has 0 aliphatic heterocycles. The summed E-state index contributed by atoms with van der Waals surface area (Å²) in [5, 5.41) is 11.6. The molecule has 0 unspecified atom stereocenters. The first-order valence-corrected chi connectivity index (χ1v) is 11.2. The predicted molar refractivity (Wildman–Crippen MR) is 118 cm³/mol. The summed E-state index contributed by atoms with van der Waals surface area (Å²) in [6.07, 6.45) is 3.34. The number of aryl methyl sites for hydroxylation is 1. The van der Waals surface area contributed by atoms with Crippen molar-refractivity contribution in [1.29, 1.82) is 0 Å². The van der Waals surface area contributed by atoms with Crippen LogP contribution in [0.25, 0.3) is 0 Å². The van der Waals surface area contributed by atoms with Gasteiger partial charge >= 0.3 is 0 Å². The number of amides is 1. The van der Waals surface area contributed by atoms with Gasteiger partial charge in [0.25, 0.3) is 0 Å². The summed E-state index contributed by atoms with van der Waals surface area (Å²) < 4.78 is 7.34. The Kier molecular flexibility index (Phi) is 6.01. The molecule has 0 bridgehead atoms. The molecule has 4 aromatic rings. The lowest BCUT2D eigenvalue weighted by atomic mass is 10.1. The third kappa shape index (κ3) is 4.31. The van der Waals surface area contributed by atoms with Gasteiger partial charge in [-0.15, -0.1) is 21.5 Å². The number of aromatic nitrogens is 4. The van der Waals surface area contributed by atoms with Gasteiger partial charge in [0.1, 0.15) is 12.1 Å². The van der Waals surface area contributed by atoms with E-state index in [-0.39, 0.29) is 5.91 Å². The van der Waals surface area contributed by atoms with Crippen molar-refractivity contribution in [3.8, 4) is 0 Å².